The minimum atomic E-state index is -3.61. The number of nitrogens with one attached hydrogen (secondary N) is 1. The first-order valence-corrected chi connectivity index (χ1v) is 13.4. The molecule has 11 heteroatoms. The van der Waals surface area contributed by atoms with Crippen molar-refractivity contribution in [1.29, 1.82) is 0 Å². The van der Waals surface area contributed by atoms with E-state index in [1.54, 1.807) is 38.1 Å². The van der Waals surface area contributed by atoms with Crippen LogP contribution in [0.3, 0.4) is 0 Å². The molecule has 0 fully saturated rings. The highest BCUT2D eigenvalue weighted by molar-refractivity contribution is 7.92. The first-order valence-electron chi connectivity index (χ1n) is 10.3. The molecule has 1 N–H and O–H groups in total. The molecule has 0 bridgehead atoms. The van der Waals surface area contributed by atoms with E-state index in [0.717, 1.165) is 0 Å². The Kier molecular flexibility index (Phi) is 7.11. The number of sulfonamides is 2. The Morgan fingerprint density at radius 2 is 1.66 bits per heavy atom. The van der Waals surface area contributed by atoms with Crippen molar-refractivity contribution in [3.63, 3.8) is 0 Å². The van der Waals surface area contributed by atoms with E-state index in [9.17, 15) is 21.6 Å². The van der Waals surface area contributed by atoms with Gasteiger partial charge >= 0.3 is 0 Å². The van der Waals surface area contributed by atoms with Crippen molar-refractivity contribution in [3.8, 4) is 5.75 Å². The Labute approximate surface area is 189 Å². The van der Waals surface area contributed by atoms with Gasteiger partial charge in [-0.05, 0) is 43.3 Å². The molecular formula is C21H27N3O6S2. The van der Waals surface area contributed by atoms with Crippen LogP contribution in [0.15, 0.2) is 53.4 Å². The maximum Gasteiger partial charge on any atom is 0.267 e. The third-order valence-corrected chi connectivity index (χ3v) is 9.00. The van der Waals surface area contributed by atoms with Gasteiger partial charge in [0, 0.05) is 18.8 Å². The summed E-state index contributed by atoms with van der Waals surface area (Å²) in [4.78, 5) is 13.0. The number of anilines is 2. The number of amides is 1. The topological polar surface area (TPSA) is 113 Å². The number of nitrogens with zero attached hydrogens (tertiary/aromatic N) is 2. The molecule has 0 spiro atoms. The lowest BCUT2D eigenvalue weighted by Gasteiger charge is -2.34. The van der Waals surface area contributed by atoms with Crippen LogP contribution in [0.2, 0.25) is 0 Å². The molecule has 0 saturated carbocycles. The van der Waals surface area contributed by atoms with Gasteiger partial charge in [0.2, 0.25) is 20.0 Å². The lowest BCUT2D eigenvalue weighted by atomic mass is 10.2. The van der Waals surface area contributed by atoms with E-state index in [-0.39, 0.29) is 17.2 Å². The zero-order valence-electron chi connectivity index (χ0n) is 18.2. The predicted molar refractivity (Wildman–Crippen MR) is 123 cm³/mol. The molecule has 0 radical (unpaired) electrons. The summed E-state index contributed by atoms with van der Waals surface area (Å²) < 4.78 is 58.6. The standard InChI is InChI=1S/C21H27N3O6S2/c1-4-23(5-2)32(28,29)17-13-11-16(12-14-17)22-21(25)20-15-24(31(26,27)6-3)18-9-7-8-10-19(18)30-20/h7-14,20H,4-6,15H2,1-3H3,(H,22,25)/t20-/m1/s1. The van der Waals surface area contributed by atoms with Crippen molar-refractivity contribution in [3.05, 3.63) is 48.5 Å². The molecule has 1 aliphatic heterocycles. The van der Waals surface area contributed by atoms with Crippen LogP contribution in [0.4, 0.5) is 11.4 Å². The highest BCUT2D eigenvalue weighted by Gasteiger charge is 2.36. The molecule has 1 aliphatic rings. The van der Waals surface area contributed by atoms with Crippen molar-refractivity contribution in [2.24, 2.45) is 0 Å². The Hall–Kier alpha value is -2.63. The van der Waals surface area contributed by atoms with Gasteiger partial charge in [0.1, 0.15) is 5.75 Å². The predicted octanol–water partition coefficient (Wildman–Crippen LogP) is 2.27. The maximum absolute atomic E-state index is 12.8. The number of ether oxygens (including phenoxy) is 1. The lowest BCUT2D eigenvalue weighted by molar-refractivity contribution is -0.122. The van der Waals surface area contributed by atoms with Gasteiger partial charge in [-0.25, -0.2) is 16.8 Å². The molecule has 2 aromatic rings. The van der Waals surface area contributed by atoms with Gasteiger partial charge in [-0.3, -0.25) is 9.10 Å². The van der Waals surface area contributed by atoms with Crippen LogP contribution >= 0.6 is 0 Å². The summed E-state index contributed by atoms with van der Waals surface area (Å²) in [6.45, 7) is 5.62. The Morgan fingerprint density at radius 1 is 1.03 bits per heavy atom. The van der Waals surface area contributed by atoms with E-state index in [1.807, 2.05) is 0 Å². The summed E-state index contributed by atoms with van der Waals surface area (Å²) in [5.41, 5.74) is 0.769. The number of hydrogen-bond acceptors (Lipinski definition) is 6. The van der Waals surface area contributed by atoms with Gasteiger partial charge in [0.15, 0.2) is 6.10 Å². The van der Waals surface area contributed by atoms with Crippen LogP contribution in [-0.4, -0.2) is 58.5 Å². The second-order valence-electron chi connectivity index (χ2n) is 7.11. The van der Waals surface area contributed by atoms with E-state index in [2.05, 4.69) is 5.32 Å². The van der Waals surface area contributed by atoms with Crippen LogP contribution in [0.5, 0.6) is 5.75 Å². The van der Waals surface area contributed by atoms with Crippen molar-refractivity contribution in [2.45, 2.75) is 31.8 Å². The SMILES string of the molecule is CCN(CC)S(=O)(=O)c1ccc(NC(=O)[C@H]2CN(S(=O)(=O)CC)c3ccccc3O2)cc1. The van der Waals surface area contributed by atoms with Gasteiger partial charge in [-0.1, -0.05) is 26.0 Å². The van der Waals surface area contributed by atoms with Gasteiger partial charge < -0.3 is 10.1 Å². The largest absolute Gasteiger partial charge is 0.476 e. The number of hydrogen-bond donors (Lipinski definition) is 1. The summed E-state index contributed by atoms with van der Waals surface area (Å²) in [6.07, 6.45) is -1.06. The Morgan fingerprint density at radius 3 is 2.25 bits per heavy atom. The van der Waals surface area contributed by atoms with Gasteiger partial charge in [0.05, 0.1) is 22.9 Å². The molecule has 1 heterocycles. The van der Waals surface area contributed by atoms with E-state index in [1.165, 1.54) is 39.8 Å². The minimum Gasteiger partial charge on any atom is -0.476 e. The van der Waals surface area contributed by atoms with E-state index in [0.29, 0.717) is 30.2 Å². The molecule has 0 unspecified atom stereocenters. The number of para-hydroxylation sites is 2. The molecule has 174 valence electrons. The van der Waals surface area contributed by atoms with Gasteiger partial charge in [-0.15, -0.1) is 0 Å². The van der Waals surface area contributed by atoms with Crippen molar-refractivity contribution >= 4 is 37.3 Å². The molecule has 1 amide bonds. The number of rotatable bonds is 8. The molecule has 2 aromatic carbocycles. The highest BCUT2D eigenvalue weighted by Crippen LogP contribution is 2.35. The number of carbonyl (C=O) groups is 1. The lowest BCUT2D eigenvalue weighted by Crippen LogP contribution is -2.49. The molecule has 1 atom stereocenters. The second kappa shape index (κ2) is 9.47. The second-order valence-corrected chi connectivity index (χ2v) is 11.2. The van der Waals surface area contributed by atoms with Crippen molar-refractivity contribution in [1.82, 2.24) is 4.31 Å². The van der Waals surface area contributed by atoms with E-state index >= 15 is 0 Å². The summed E-state index contributed by atoms with van der Waals surface area (Å²) in [5.74, 6) is -0.343. The first-order chi connectivity index (χ1) is 15.1. The molecule has 9 nitrogen and oxygen atoms in total. The molecule has 0 saturated heterocycles. The zero-order valence-corrected chi connectivity index (χ0v) is 19.8. The first kappa shape index (κ1) is 24.0. The zero-order chi connectivity index (χ0) is 23.5. The maximum atomic E-state index is 12.8. The van der Waals surface area contributed by atoms with Crippen LogP contribution in [0.25, 0.3) is 0 Å². The average molecular weight is 482 g/mol. The number of benzene rings is 2. The fourth-order valence-corrected chi connectivity index (χ4v) is 5.99. The van der Waals surface area contributed by atoms with E-state index in [4.69, 9.17) is 4.74 Å². The summed E-state index contributed by atoms with van der Waals surface area (Å²) in [6, 6.07) is 12.5. The van der Waals surface area contributed by atoms with E-state index < -0.39 is 32.1 Å². The van der Waals surface area contributed by atoms with Crippen LogP contribution < -0.4 is 14.4 Å². The Balaban J connectivity index is 1.79. The summed E-state index contributed by atoms with van der Waals surface area (Å²) >= 11 is 0. The third-order valence-electron chi connectivity index (χ3n) is 5.19. The quantitative estimate of drug-likeness (QED) is 0.619. The monoisotopic (exact) mass is 481 g/mol. The fourth-order valence-electron chi connectivity index (χ4n) is 3.40. The molecular weight excluding hydrogens is 454 g/mol. The minimum absolute atomic E-state index is 0.113. The van der Waals surface area contributed by atoms with Crippen molar-refractivity contribution in [2.75, 3.05) is 35.0 Å². The van der Waals surface area contributed by atoms with Gasteiger partial charge in [-0.2, -0.15) is 4.31 Å². The van der Waals surface area contributed by atoms with Gasteiger partial charge in [0.25, 0.3) is 5.91 Å². The third kappa shape index (κ3) is 4.74. The molecule has 32 heavy (non-hydrogen) atoms. The summed E-state index contributed by atoms with van der Waals surface area (Å²) in [7, 11) is -7.21. The normalized spacial score (nSPS) is 16.4. The smallest absolute Gasteiger partial charge is 0.267 e. The number of carbonyl (C=O) groups excluding carboxylic acids is 1. The Bertz CT molecular complexity index is 1180. The van der Waals surface area contributed by atoms with Crippen molar-refractivity contribution < 1.29 is 26.4 Å². The molecule has 0 aliphatic carbocycles. The van der Waals surface area contributed by atoms with Crippen LogP contribution in [0.1, 0.15) is 20.8 Å². The highest BCUT2D eigenvalue weighted by atomic mass is 32.2. The van der Waals surface area contributed by atoms with Crippen LogP contribution in [0, 0.1) is 0 Å². The fraction of sp³-hybridized carbons (Fsp3) is 0.381. The average Bonchev–Trinajstić information content (AvgIpc) is 2.79. The molecule has 0 aromatic heterocycles. The summed E-state index contributed by atoms with van der Waals surface area (Å²) in [5, 5.41) is 2.67. The molecule has 3 rings (SSSR count). The number of fused-ring (bicyclic) bond motifs is 1. The van der Waals surface area contributed by atoms with Crippen LogP contribution in [-0.2, 0) is 24.8 Å².